The molecule has 0 spiro atoms. The number of hydrogen-bond donors (Lipinski definition) is 1. The number of benzene rings is 3. The van der Waals surface area contributed by atoms with E-state index in [0.717, 1.165) is 16.8 Å². The minimum Gasteiger partial charge on any atom is -0.507 e. The van der Waals surface area contributed by atoms with Crippen LogP contribution in [0.3, 0.4) is 0 Å². The number of nitrogens with zero attached hydrogens (tertiary/aromatic N) is 2. The Morgan fingerprint density at radius 2 is 1.64 bits per heavy atom. The molecule has 1 unspecified atom stereocenters. The molecule has 1 saturated heterocycles. The van der Waals surface area contributed by atoms with Crippen LogP contribution in [-0.4, -0.2) is 55.6 Å². The maximum atomic E-state index is 13.3. The number of aliphatic hydroxyl groups excluding tert-OH is 1. The van der Waals surface area contributed by atoms with E-state index in [1.165, 1.54) is 0 Å². The zero-order valence-corrected chi connectivity index (χ0v) is 20.3. The maximum Gasteiger partial charge on any atom is 0.295 e. The fourth-order valence-corrected chi connectivity index (χ4v) is 4.65. The third-order valence-electron chi connectivity index (χ3n) is 6.57. The van der Waals surface area contributed by atoms with Crippen LogP contribution in [0.5, 0.6) is 11.5 Å². The Hall–Kier alpha value is -4.26. The number of fused-ring (bicyclic) bond motifs is 1. The highest BCUT2D eigenvalue weighted by Gasteiger charge is 2.45. The molecule has 7 heteroatoms. The van der Waals surface area contributed by atoms with Crippen LogP contribution in [0.2, 0.25) is 0 Å². The fourth-order valence-electron chi connectivity index (χ4n) is 4.65. The molecule has 0 radical (unpaired) electrons. The summed E-state index contributed by atoms with van der Waals surface area (Å²) >= 11 is 0. The van der Waals surface area contributed by atoms with E-state index in [1.807, 2.05) is 73.6 Å². The van der Waals surface area contributed by atoms with E-state index in [4.69, 9.17) is 9.47 Å². The molecule has 36 heavy (non-hydrogen) atoms. The Balaban J connectivity index is 1.57. The van der Waals surface area contributed by atoms with Gasteiger partial charge in [0.05, 0.1) is 11.6 Å². The molecule has 1 amide bonds. The van der Waals surface area contributed by atoms with Crippen molar-refractivity contribution >= 4 is 23.1 Å². The smallest absolute Gasteiger partial charge is 0.295 e. The van der Waals surface area contributed by atoms with Crippen molar-refractivity contribution in [2.24, 2.45) is 0 Å². The summed E-state index contributed by atoms with van der Waals surface area (Å²) in [4.78, 5) is 30.1. The molecule has 2 aliphatic heterocycles. The number of ether oxygens (including phenoxy) is 2. The number of ketones is 1. The number of hydrogen-bond acceptors (Lipinski definition) is 6. The molecule has 0 aliphatic carbocycles. The van der Waals surface area contributed by atoms with Crippen molar-refractivity contribution in [2.45, 2.75) is 12.5 Å². The predicted molar refractivity (Wildman–Crippen MR) is 137 cm³/mol. The predicted octanol–water partition coefficient (Wildman–Crippen LogP) is 4.19. The second-order valence-electron chi connectivity index (χ2n) is 9.07. The number of aliphatic hydroxyl groups is 1. The first kappa shape index (κ1) is 23.5. The first-order chi connectivity index (χ1) is 17.4. The number of anilines is 1. The van der Waals surface area contributed by atoms with E-state index in [-0.39, 0.29) is 11.3 Å². The first-order valence-electron chi connectivity index (χ1n) is 11.9. The van der Waals surface area contributed by atoms with Crippen LogP contribution in [0.25, 0.3) is 5.76 Å². The van der Waals surface area contributed by atoms with Gasteiger partial charge >= 0.3 is 0 Å². The highest BCUT2D eigenvalue weighted by molar-refractivity contribution is 6.46. The van der Waals surface area contributed by atoms with E-state index in [9.17, 15) is 14.7 Å². The maximum absolute atomic E-state index is 13.3. The second kappa shape index (κ2) is 9.77. The average Bonchev–Trinajstić information content (AvgIpc) is 3.16. The Kier molecular flexibility index (Phi) is 6.38. The molecule has 7 nitrogen and oxygen atoms in total. The van der Waals surface area contributed by atoms with E-state index in [0.29, 0.717) is 43.2 Å². The topological polar surface area (TPSA) is 79.3 Å². The van der Waals surface area contributed by atoms with Gasteiger partial charge < -0.3 is 24.4 Å². The summed E-state index contributed by atoms with van der Waals surface area (Å²) in [5, 5.41) is 11.4. The summed E-state index contributed by atoms with van der Waals surface area (Å²) in [7, 11) is 3.89. The lowest BCUT2D eigenvalue weighted by atomic mass is 9.94. The molecule has 1 atom stereocenters. The minimum absolute atomic E-state index is 0.0716. The summed E-state index contributed by atoms with van der Waals surface area (Å²) in [5.74, 6) is -0.467. The van der Waals surface area contributed by atoms with Crippen LogP contribution in [-0.2, 0) is 16.0 Å². The third-order valence-corrected chi connectivity index (χ3v) is 6.57. The SMILES string of the molecule is CN(C)c1ccc(C2C(=C(O)c3ccc4c(c3)OCCO4)C(=O)C(=O)N2CCc2ccccc2)cc1. The van der Waals surface area contributed by atoms with Gasteiger partial charge in [0.2, 0.25) is 0 Å². The van der Waals surface area contributed by atoms with E-state index >= 15 is 0 Å². The van der Waals surface area contributed by atoms with Crippen LogP contribution in [0.15, 0.2) is 78.4 Å². The monoisotopic (exact) mass is 484 g/mol. The number of Topliss-reactive ketones (excluding diaryl/α,β-unsaturated/α-hetero) is 1. The highest BCUT2D eigenvalue weighted by Crippen LogP contribution is 2.41. The number of likely N-dealkylation sites (tertiary alicyclic amines) is 1. The molecule has 184 valence electrons. The summed E-state index contributed by atoms with van der Waals surface area (Å²) in [6.45, 7) is 1.19. The normalized spacial score (nSPS) is 18.4. The molecule has 2 aliphatic rings. The summed E-state index contributed by atoms with van der Waals surface area (Å²) in [5.41, 5.74) is 3.28. The molecule has 0 saturated carbocycles. The molecule has 3 aromatic carbocycles. The fraction of sp³-hybridized carbons (Fsp3) is 0.241. The van der Waals surface area contributed by atoms with Crippen molar-refractivity contribution in [2.75, 3.05) is 38.8 Å². The van der Waals surface area contributed by atoms with E-state index in [1.54, 1.807) is 23.1 Å². The van der Waals surface area contributed by atoms with Gasteiger partial charge in [0.1, 0.15) is 19.0 Å². The molecule has 3 aromatic rings. The Morgan fingerprint density at radius 3 is 2.33 bits per heavy atom. The molecular formula is C29H28N2O5. The van der Waals surface area contributed by atoms with Gasteiger partial charge in [-0.2, -0.15) is 0 Å². The number of carbonyl (C=O) groups is 2. The Morgan fingerprint density at radius 1 is 0.944 bits per heavy atom. The molecule has 1 fully saturated rings. The zero-order valence-electron chi connectivity index (χ0n) is 20.3. The quantitative estimate of drug-likeness (QED) is 0.321. The summed E-state index contributed by atoms with van der Waals surface area (Å²) in [6.07, 6.45) is 0.588. The molecule has 2 heterocycles. The molecule has 5 rings (SSSR count). The summed E-state index contributed by atoms with van der Waals surface area (Å²) in [6, 6.07) is 21.8. The third kappa shape index (κ3) is 4.40. The van der Waals surface area contributed by atoms with Gasteiger partial charge in [0, 0.05) is 31.9 Å². The molecule has 0 aromatic heterocycles. The largest absolute Gasteiger partial charge is 0.507 e. The van der Waals surface area contributed by atoms with Gasteiger partial charge in [0.15, 0.2) is 11.5 Å². The van der Waals surface area contributed by atoms with Crippen molar-refractivity contribution in [1.29, 1.82) is 0 Å². The second-order valence-corrected chi connectivity index (χ2v) is 9.07. The average molecular weight is 485 g/mol. The molecule has 0 bridgehead atoms. The highest BCUT2D eigenvalue weighted by atomic mass is 16.6. The lowest BCUT2D eigenvalue weighted by Gasteiger charge is -2.26. The number of carbonyl (C=O) groups excluding carboxylic acids is 2. The van der Waals surface area contributed by atoms with Gasteiger partial charge in [-0.3, -0.25) is 9.59 Å². The van der Waals surface area contributed by atoms with Gasteiger partial charge in [-0.15, -0.1) is 0 Å². The van der Waals surface area contributed by atoms with Crippen LogP contribution in [0.1, 0.15) is 22.7 Å². The lowest BCUT2D eigenvalue weighted by molar-refractivity contribution is -0.139. The standard InChI is InChI=1S/C29H28N2O5/c1-30(2)22-11-8-20(9-12-22)26-25(27(32)21-10-13-23-24(18-21)36-17-16-35-23)28(33)29(34)31(26)15-14-19-6-4-3-5-7-19/h3-13,18,26,32H,14-17H2,1-2H3. The molecular weight excluding hydrogens is 456 g/mol. The van der Waals surface area contributed by atoms with Crippen LogP contribution in [0, 0.1) is 0 Å². The van der Waals surface area contributed by atoms with Gasteiger partial charge in [-0.25, -0.2) is 0 Å². The zero-order chi connectivity index (χ0) is 25.2. The van der Waals surface area contributed by atoms with Crippen LogP contribution in [0.4, 0.5) is 5.69 Å². The Bertz CT molecular complexity index is 1320. The van der Waals surface area contributed by atoms with Crippen molar-refractivity contribution < 1.29 is 24.2 Å². The Labute approximate surface area is 210 Å². The lowest BCUT2D eigenvalue weighted by Crippen LogP contribution is -2.31. The number of rotatable bonds is 6. The van der Waals surface area contributed by atoms with Crippen LogP contribution >= 0.6 is 0 Å². The van der Waals surface area contributed by atoms with Crippen LogP contribution < -0.4 is 14.4 Å². The van der Waals surface area contributed by atoms with Crippen molar-refractivity contribution in [1.82, 2.24) is 4.90 Å². The van der Waals surface area contributed by atoms with E-state index in [2.05, 4.69) is 0 Å². The van der Waals surface area contributed by atoms with Crippen molar-refractivity contribution in [3.63, 3.8) is 0 Å². The van der Waals surface area contributed by atoms with Crippen molar-refractivity contribution in [3.8, 4) is 11.5 Å². The van der Waals surface area contributed by atoms with Gasteiger partial charge in [-0.05, 0) is 47.9 Å². The van der Waals surface area contributed by atoms with Crippen molar-refractivity contribution in [3.05, 3.63) is 95.1 Å². The van der Waals surface area contributed by atoms with E-state index < -0.39 is 17.7 Å². The first-order valence-corrected chi connectivity index (χ1v) is 11.9. The van der Waals surface area contributed by atoms with Gasteiger partial charge in [-0.1, -0.05) is 42.5 Å². The molecule has 1 N–H and O–H groups in total. The number of amides is 1. The summed E-state index contributed by atoms with van der Waals surface area (Å²) < 4.78 is 11.2. The van der Waals surface area contributed by atoms with Gasteiger partial charge in [0.25, 0.3) is 11.7 Å². The minimum atomic E-state index is -0.710.